The number of hydrogen-bond donors (Lipinski definition) is 2. The minimum absolute atomic E-state index is 0.308. The lowest BCUT2D eigenvalue weighted by atomic mass is 9.95. The van der Waals surface area contributed by atoms with E-state index in [1.807, 2.05) is 19.1 Å². The molecule has 0 bridgehead atoms. The molecule has 2 N–H and O–H groups in total. The number of phenolic OH excluding ortho intramolecular Hbond substituents is 1. The largest absolute Gasteiger partial charge is 0.507 e. The number of hydrogen-bond acceptors (Lipinski definition) is 6. The summed E-state index contributed by atoms with van der Waals surface area (Å²) in [5.41, 5.74) is 3.79. The first-order valence-corrected chi connectivity index (χ1v) is 11.4. The highest BCUT2D eigenvalue weighted by Gasteiger charge is 2.30. The fraction of sp³-hybridized carbons (Fsp3) is 0.583. The Balaban J connectivity index is 1.28. The summed E-state index contributed by atoms with van der Waals surface area (Å²) in [4.78, 5) is 2.53. The van der Waals surface area contributed by atoms with Gasteiger partial charge in [0.15, 0.2) is 0 Å². The zero-order valence-electron chi connectivity index (χ0n) is 17.8. The van der Waals surface area contributed by atoms with E-state index in [1.54, 1.807) is 0 Å². The SMILES string of the molecule is Cc1cc(N[C@@H]2CCCN(C3COC3)C2)nnc1-c1ccc(C2CCCC2)cc1O. The van der Waals surface area contributed by atoms with Crippen LogP contribution in [-0.2, 0) is 4.74 Å². The maximum atomic E-state index is 10.7. The van der Waals surface area contributed by atoms with E-state index in [4.69, 9.17) is 4.74 Å². The van der Waals surface area contributed by atoms with E-state index < -0.39 is 0 Å². The average Bonchev–Trinajstić information content (AvgIpc) is 3.22. The number of anilines is 1. The number of ether oxygens (including phenoxy) is 1. The van der Waals surface area contributed by atoms with E-state index in [-0.39, 0.29) is 0 Å². The first-order chi connectivity index (χ1) is 14.7. The first kappa shape index (κ1) is 19.8. The molecule has 2 aromatic rings. The fourth-order valence-electron chi connectivity index (χ4n) is 5.18. The van der Waals surface area contributed by atoms with Crippen LogP contribution in [-0.4, -0.2) is 58.6 Å². The molecule has 160 valence electrons. The van der Waals surface area contributed by atoms with Crippen LogP contribution in [0.1, 0.15) is 55.6 Å². The molecule has 0 unspecified atom stereocenters. The summed E-state index contributed by atoms with van der Waals surface area (Å²) >= 11 is 0. The molecule has 1 saturated carbocycles. The minimum atomic E-state index is 0.308. The van der Waals surface area contributed by atoms with E-state index in [0.717, 1.165) is 55.4 Å². The zero-order valence-corrected chi connectivity index (χ0v) is 17.8. The minimum Gasteiger partial charge on any atom is -0.507 e. The molecular formula is C24H32N4O2. The lowest BCUT2D eigenvalue weighted by Gasteiger charge is -2.42. The predicted octanol–water partition coefficient (Wildman–Crippen LogP) is 4.09. The Morgan fingerprint density at radius 1 is 1.07 bits per heavy atom. The van der Waals surface area contributed by atoms with Crippen LogP contribution in [0.15, 0.2) is 24.3 Å². The van der Waals surface area contributed by atoms with Crippen LogP contribution in [0.5, 0.6) is 5.75 Å². The predicted molar refractivity (Wildman–Crippen MR) is 118 cm³/mol. The van der Waals surface area contributed by atoms with Gasteiger partial charge in [-0.05, 0) is 74.4 Å². The summed E-state index contributed by atoms with van der Waals surface area (Å²) in [6.07, 6.45) is 7.38. The molecule has 30 heavy (non-hydrogen) atoms. The summed E-state index contributed by atoms with van der Waals surface area (Å²) in [6.45, 7) is 5.96. The second-order valence-electron chi connectivity index (χ2n) is 9.19. The van der Waals surface area contributed by atoms with E-state index in [9.17, 15) is 5.11 Å². The van der Waals surface area contributed by atoms with Crippen LogP contribution in [0.4, 0.5) is 5.82 Å². The van der Waals surface area contributed by atoms with Crippen molar-refractivity contribution >= 4 is 5.82 Å². The summed E-state index contributed by atoms with van der Waals surface area (Å²) in [6, 6.07) is 9.11. The number of aromatic hydroxyl groups is 1. The van der Waals surface area contributed by atoms with Crippen molar-refractivity contribution in [2.24, 2.45) is 0 Å². The van der Waals surface area contributed by atoms with Gasteiger partial charge in [0.2, 0.25) is 0 Å². The van der Waals surface area contributed by atoms with Gasteiger partial charge in [-0.2, -0.15) is 0 Å². The summed E-state index contributed by atoms with van der Waals surface area (Å²) in [5.74, 6) is 1.71. The van der Waals surface area contributed by atoms with Crippen molar-refractivity contribution in [2.75, 3.05) is 31.6 Å². The zero-order chi connectivity index (χ0) is 20.5. The van der Waals surface area contributed by atoms with Crippen molar-refractivity contribution in [3.8, 4) is 17.0 Å². The van der Waals surface area contributed by atoms with Gasteiger partial charge in [-0.3, -0.25) is 4.90 Å². The highest BCUT2D eigenvalue weighted by molar-refractivity contribution is 5.70. The number of aryl methyl sites for hydroxylation is 1. The Labute approximate surface area is 178 Å². The standard InChI is InChI=1S/C24H32N4O2/c1-16-11-23(25-19-7-4-10-28(13-19)20-14-30-15-20)26-27-24(16)21-9-8-18(12-22(21)29)17-5-2-3-6-17/h8-9,11-12,17,19-20,29H,2-7,10,13-15H2,1H3,(H,25,26)/t19-/m1/s1. The maximum absolute atomic E-state index is 10.7. The third-order valence-corrected chi connectivity index (χ3v) is 7.03. The Morgan fingerprint density at radius 2 is 1.90 bits per heavy atom. The third kappa shape index (κ3) is 4.03. The second kappa shape index (κ2) is 8.52. The van der Waals surface area contributed by atoms with Crippen molar-refractivity contribution < 1.29 is 9.84 Å². The van der Waals surface area contributed by atoms with Crippen LogP contribution in [0.2, 0.25) is 0 Å². The van der Waals surface area contributed by atoms with Crippen LogP contribution < -0.4 is 5.32 Å². The van der Waals surface area contributed by atoms with Crippen molar-refractivity contribution in [1.29, 1.82) is 0 Å². The van der Waals surface area contributed by atoms with Gasteiger partial charge in [0.25, 0.3) is 0 Å². The number of benzene rings is 1. The van der Waals surface area contributed by atoms with Gasteiger partial charge in [-0.1, -0.05) is 18.9 Å². The Morgan fingerprint density at radius 3 is 2.60 bits per heavy atom. The number of nitrogens with one attached hydrogen (secondary N) is 1. The van der Waals surface area contributed by atoms with Gasteiger partial charge < -0.3 is 15.2 Å². The number of phenols is 1. The maximum Gasteiger partial charge on any atom is 0.149 e. The van der Waals surface area contributed by atoms with Crippen molar-refractivity contribution in [3.63, 3.8) is 0 Å². The lowest BCUT2D eigenvalue weighted by molar-refractivity contribution is -0.0710. The number of piperidine rings is 1. The molecule has 1 aromatic heterocycles. The van der Waals surface area contributed by atoms with Crippen LogP contribution in [0.25, 0.3) is 11.3 Å². The highest BCUT2D eigenvalue weighted by Crippen LogP contribution is 2.38. The van der Waals surface area contributed by atoms with E-state index in [0.29, 0.717) is 23.8 Å². The van der Waals surface area contributed by atoms with Crippen molar-refractivity contribution in [2.45, 2.75) is 63.5 Å². The topological polar surface area (TPSA) is 70.5 Å². The Kier molecular flexibility index (Phi) is 5.61. The number of likely N-dealkylation sites (tertiary alicyclic amines) is 1. The van der Waals surface area contributed by atoms with E-state index in [2.05, 4.69) is 32.5 Å². The highest BCUT2D eigenvalue weighted by atomic mass is 16.5. The molecule has 1 aromatic carbocycles. The average molecular weight is 409 g/mol. The smallest absolute Gasteiger partial charge is 0.149 e. The molecular weight excluding hydrogens is 376 g/mol. The lowest BCUT2D eigenvalue weighted by Crippen LogP contribution is -2.54. The number of aromatic nitrogens is 2. The van der Waals surface area contributed by atoms with Crippen LogP contribution in [0.3, 0.4) is 0 Å². The van der Waals surface area contributed by atoms with Gasteiger partial charge in [0, 0.05) is 18.2 Å². The normalized spacial score (nSPS) is 23.4. The summed E-state index contributed by atoms with van der Waals surface area (Å²) in [5, 5.41) is 23.2. The molecule has 3 fully saturated rings. The third-order valence-electron chi connectivity index (χ3n) is 7.03. The van der Waals surface area contributed by atoms with Crippen LogP contribution >= 0.6 is 0 Å². The Hall–Kier alpha value is -2.18. The quantitative estimate of drug-likeness (QED) is 0.777. The van der Waals surface area contributed by atoms with E-state index in [1.165, 1.54) is 37.7 Å². The molecule has 0 radical (unpaired) electrons. The molecule has 0 amide bonds. The molecule has 1 aliphatic carbocycles. The van der Waals surface area contributed by atoms with E-state index >= 15 is 0 Å². The number of nitrogens with zero attached hydrogens (tertiary/aromatic N) is 3. The van der Waals surface area contributed by atoms with Gasteiger partial charge in [0.05, 0.1) is 24.9 Å². The van der Waals surface area contributed by atoms with Gasteiger partial charge >= 0.3 is 0 Å². The number of rotatable bonds is 5. The second-order valence-corrected chi connectivity index (χ2v) is 9.19. The molecule has 3 heterocycles. The van der Waals surface area contributed by atoms with Gasteiger partial charge in [-0.25, -0.2) is 0 Å². The Bertz CT molecular complexity index is 893. The molecule has 2 saturated heterocycles. The molecule has 6 nitrogen and oxygen atoms in total. The monoisotopic (exact) mass is 408 g/mol. The summed E-state index contributed by atoms with van der Waals surface area (Å²) < 4.78 is 5.35. The summed E-state index contributed by atoms with van der Waals surface area (Å²) in [7, 11) is 0. The van der Waals surface area contributed by atoms with Crippen molar-refractivity contribution in [3.05, 3.63) is 35.4 Å². The van der Waals surface area contributed by atoms with Gasteiger partial charge in [0.1, 0.15) is 11.6 Å². The first-order valence-electron chi connectivity index (χ1n) is 11.4. The molecule has 0 spiro atoms. The molecule has 6 heteroatoms. The van der Waals surface area contributed by atoms with Crippen molar-refractivity contribution in [1.82, 2.24) is 15.1 Å². The fourth-order valence-corrected chi connectivity index (χ4v) is 5.18. The molecule has 3 aliphatic rings. The molecule has 1 atom stereocenters. The molecule has 5 rings (SSSR count). The van der Waals surface area contributed by atoms with Gasteiger partial charge in [-0.15, -0.1) is 10.2 Å². The molecule has 2 aliphatic heterocycles. The van der Waals surface area contributed by atoms with Crippen LogP contribution in [0, 0.1) is 6.92 Å².